The van der Waals surface area contributed by atoms with Crippen LogP contribution in [0.5, 0.6) is 0 Å². The van der Waals surface area contributed by atoms with Gasteiger partial charge >= 0.3 is 12.0 Å². The molecule has 0 saturated carbocycles. The van der Waals surface area contributed by atoms with E-state index < -0.39 is 18.0 Å². The molecule has 3 rings (SSSR count). The quantitative estimate of drug-likeness (QED) is 0.718. The average Bonchev–Trinajstić information content (AvgIpc) is 3.07. The summed E-state index contributed by atoms with van der Waals surface area (Å²) in [5.74, 6) is -0.512. The van der Waals surface area contributed by atoms with E-state index in [4.69, 9.17) is 4.74 Å². The zero-order chi connectivity index (χ0) is 21.7. The van der Waals surface area contributed by atoms with Crippen LogP contribution < -0.4 is 15.5 Å². The minimum absolute atomic E-state index is 0.0343. The van der Waals surface area contributed by atoms with Gasteiger partial charge < -0.3 is 20.3 Å². The molecule has 7 heteroatoms. The number of hydrogen-bond acceptors (Lipinski definition) is 4. The number of carbonyl (C=O) groups excluding carboxylic acids is 3. The van der Waals surface area contributed by atoms with Crippen LogP contribution in [0.25, 0.3) is 0 Å². The third kappa shape index (κ3) is 4.79. The normalized spacial score (nSPS) is 15.8. The number of benzene rings is 2. The molecule has 158 valence electrons. The third-order valence-electron chi connectivity index (χ3n) is 5.05. The molecule has 0 aromatic heterocycles. The van der Waals surface area contributed by atoms with Crippen molar-refractivity contribution in [1.82, 2.24) is 10.6 Å². The lowest BCUT2D eigenvalue weighted by Crippen LogP contribution is -2.44. The molecule has 2 atom stereocenters. The zero-order valence-corrected chi connectivity index (χ0v) is 17.5. The van der Waals surface area contributed by atoms with Gasteiger partial charge in [0.05, 0.1) is 6.61 Å². The van der Waals surface area contributed by atoms with Crippen LogP contribution in [0.15, 0.2) is 48.5 Å². The van der Waals surface area contributed by atoms with Gasteiger partial charge in [-0.05, 0) is 56.5 Å². The summed E-state index contributed by atoms with van der Waals surface area (Å²) in [5, 5.41) is 5.30. The Bertz CT molecular complexity index is 929. The van der Waals surface area contributed by atoms with Crippen molar-refractivity contribution in [3.63, 3.8) is 0 Å². The van der Waals surface area contributed by atoms with Crippen molar-refractivity contribution in [3.05, 3.63) is 65.2 Å². The first kappa shape index (κ1) is 21.4. The number of rotatable bonds is 6. The van der Waals surface area contributed by atoms with Gasteiger partial charge in [0.25, 0.3) is 5.91 Å². The maximum atomic E-state index is 13.0. The minimum Gasteiger partial charge on any atom is -0.464 e. The predicted octanol–water partition coefficient (Wildman–Crippen LogP) is 3.03. The number of urea groups is 1. The Morgan fingerprint density at radius 2 is 1.90 bits per heavy atom. The predicted molar refractivity (Wildman–Crippen MR) is 114 cm³/mol. The maximum Gasteiger partial charge on any atom is 0.328 e. The van der Waals surface area contributed by atoms with Gasteiger partial charge in [-0.1, -0.05) is 30.3 Å². The topological polar surface area (TPSA) is 87.7 Å². The van der Waals surface area contributed by atoms with Gasteiger partial charge in [-0.25, -0.2) is 9.59 Å². The third-order valence-corrected chi connectivity index (χ3v) is 5.05. The van der Waals surface area contributed by atoms with Gasteiger partial charge in [-0.3, -0.25) is 4.79 Å². The van der Waals surface area contributed by atoms with Gasteiger partial charge in [0, 0.05) is 23.8 Å². The Hall–Kier alpha value is -3.35. The fourth-order valence-corrected chi connectivity index (χ4v) is 3.55. The van der Waals surface area contributed by atoms with E-state index in [1.165, 1.54) is 0 Å². The van der Waals surface area contributed by atoms with Gasteiger partial charge in [-0.15, -0.1) is 0 Å². The zero-order valence-electron chi connectivity index (χ0n) is 17.5. The van der Waals surface area contributed by atoms with Crippen molar-refractivity contribution in [2.75, 3.05) is 11.5 Å². The number of esters is 1. The van der Waals surface area contributed by atoms with Crippen LogP contribution >= 0.6 is 0 Å². The van der Waals surface area contributed by atoms with Crippen LogP contribution in [0.2, 0.25) is 0 Å². The summed E-state index contributed by atoms with van der Waals surface area (Å²) in [6.07, 6.45) is 0.791. The molecule has 2 aromatic rings. The van der Waals surface area contributed by atoms with Crippen molar-refractivity contribution in [2.24, 2.45) is 0 Å². The van der Waals surface area contributed by atoms with Crippen molar-refractivity contribution in [1.29, 1.82) is 0 Å². The molecule has 3 amide bonds. The van der Waals surface area contributed by atoms with Crippen LogP contribution in [-0.2, 0) is 22.5 Å². The van der Waals surface area contributed by atoms with Gasteiger partial charge in [0.2, 0.25) is 0 Å². The van der Waals surface area contributed by atoms with Crippen molar-refractivity contribution < 1.29 is 19.1 Å². The second-order valence-corrected chi connectivity index (χ2v) is 7.36. The van der Waals surface area contributed by atoms with Gasteiger partial charge in [0.15, 0.2) is 0 Å². The Labute approximate surface area is 176 Å². The molecule has 0 spiro atoms. The molecular weight excluding hydrogens is 382 g/mol. The highest BCUT2D eigenvalue weighted by atomic mass is 16.5. The van der Waals surface area contributed by atoms with Crippen LogP contribution in [0.4, 0.5) is 10.5 Å². The molecule has 0 bridgehead atoms. The number of fused-ring (bicyclic) bond motifs is 1. The van der Waals surface area contributed by atoms with E-state index in [2.05, 4.69) is 10.6 Å². The van der Waals surface area contributed by atoms with E-state index in [9.17, 15) is 14.4 Å². The highest BCUT2D eigenvalue weighted by Gasteiger charge is 2.31. The molecule has 7 nitrogen and oxygen atoms in total. The van der Waals surface area contributed by atoms with Crippen molar-refractivity contribution in [3.8, 4) is 0 Å². The summed E-state index contributed by atoms with van der Waals surface area (Å²) in [4.78, 5) is 38.6. The SMILES string of the molecule is CCOC(=O)C(C)NC(=O)NCc1ccc2c(c1)N(C(=O)c1ccccc1)C(C)C2. The number of amides is 3. The van der Waals surface area contributed by atoms with Crippen LogP contribution in [-0.4, -0.2) is 36.6 Å². The second-order valence-electron chi connectivity index (χ2n) is 7.36. The Morgan fingerprint density at radius 1 is 1.17 bits per heavy atom. The summed E-state index contributed by atoms with van der Waals surface area (Å²) < 4.78 is 4.88. The number of anilines is 1. The lowest BCUT2D eigenvalue weighted by Gasteiger charge is -2.23. The standard InChI is InChI=1S/C23H27N3O4/c1-4-30-22(28)16(3)25-23(29)24-14-17-10-11-19-12-15(2)26(20(19)13-17)21(27)18-8-6-5-7-9-18/h5-11,13,15-16H,4,12,14H2,1-3H3,(H2,24,25,29). The monoisotopic (exact) mass is 409 g/mol. The highest BCUT2D eigenvalue weighted by Crippen LogP contribution is 2.34. The van der Waals surface area contributed by atoms with Crippen molar-refractivity contribution in [2.45, 2.75) is 45.8 Å². The fourth-order valence-electron chi connectivity index (χ4n) is 3.55. The molecular formula is C23H27N3O4. The summed E-state index contributed by atoms with van der Waals surface area (Å²) in [7, 11) is 0. The Morgan fingerprint density at radius 3 is 2.60 bits per heavy atom. The van der Waals surface area contributed by atoms with Gasteiger partial charge in [0.1, 0.15) is 6.04 Å². The summed E-state index contributed by atoms with van der Waals surface area (Å²) in [6.45, 7) is 5.85. The number of ether oxygens (including phenoxy) is 1. The molecule has 2 N–H and O–H groups in total. The van der Waals surface area contributed by atoms with E-state index in [1.54, 1.807) is 13.8 Å². The van der Waals surface area contributed by atoms with E-state index in [0.29, 0.717) is 5.56 Å². The van der Waals surface area contributed by atoms with Crippen LogP contribution in [0, 0.1) is 0 Å². The minimum atomic E-state index is -0.732. The van der Waals surface area contributed by atoms with Crippen LogP contribution in [0.1, 0.15) is 42.3 Å². The molecule has 1 aliphatic rings. The molecule has 0 saturated heterocycles. The molecule has 1 aliphatic heterocycles. The highest BCUT2D eigenvalue weighted by molar-refractivity contribution is 6.07. The first-order valence-electron chi connectivity index (χ1n) is 10.1. The lowest BCUT2D eigenvalue weighted by atomic mass is 10.1. The average molecular weight is 409 g/mol. The van der Waals surface area contributed by atoms with Crippen LogP contribution in [0.3, 0.4) is 0 Å². The number of nitrogens with zero attached hydrogens (tertiary/aromatic N) is 1. The lowest BCUT2D eigenvalue weighted by molar-refractivity contribution is -0.144. The van der Waals surface area contributed by atoms with E-state index in [-0.39, 0.29) is 25.1 Å². The molecule has 2 aromatic carbocycles. The summed E-state index contributed by atoms with van der Waals surface area (Å²) in [6, 6.07) is 14.0. The van der Waals surface area contributed by atoms with Crippen molar-refractivity contribution >= 4 is 23.6 Å². The summed E-state index contributed by atoms with van der Waals surface area (Å²) >= 11 is 0. The van der Waals surface area contributed by atoms with Gasteiger partial charge in [-0.2, -0.15) is 0 Å². The fraction of sp³-hybridized carbons (Fsp3) is 0.348. The molecule has 30 heavy (non-hydrogen) atoms. The maximum absolute atomic E-state index is 13.0. The smallest absolute Gasteiger partial charge is 0.328 e. The summed E-state index contributed by atoms with van der Waals surface area (Å²) in [5.41, 5.74) is 3.49. The second kappa shape index (κ2) is 9.43. The first-order chi connectivity index (χ1) is 14.4. The molecule has 0 aliphatic carbocycles. The number of hydrogen-bond donors (Lipinski definition) is 2. The number of nitrogens with one attached hydrogen (secondary N) is 2. The molecule has 1 heterocycles. The Balaban J connectivity index is 1.67. The molecule has 0 radical (unpaired) electrons. The largest absolute Gasteiger partial charge is 0.464 e. The van der Waals surface area contributed by atoms with E-state index >= 15 is 0 Å². The Kier molecular flexibility index (Phi) is 6.72. The van der Waals surface area contributed by atoms with E-state index in [1.807, 2.05) is 60.4 Å². The number of carbonyl (C=O) groups is 3. The molecule has 0 fully saturated rings. The first-order valence-corrected chi connectivity index (χ1v) is 10.1. The molecule has 2 unspecified atom stereocenters. The van der Waals surface area contributed by atoms with E-state index in [0.717, 1.165) is 23.2 Å².